The van der Waals surface area contributed by atoms with Crippen LogP contribution < -0.4 is 11.2 Å². The molecule has 0 aromatic heterocycles. The maximum Gasteiger partial charge on any atom is 0.354 e. The number of ether oxygens (including phenoxy) is 2. The molecule has 0 aromatic carbocycles. The second kappa shape index (κ2) is 8.04. The molecule has 0 fully saturated rings. The Kier molecular flexibility index (Phi) is 7.04. The van der Waals surface area contributed by atoms with Crippen LogP contribution in [0.3, 0.4) is 0 Å². The lowest BCUT2D eigenvalue weighted by Gasteiger charge is -2.55. The molecule has 1 heterocycles. The lowest BCUT2D eigenvalue weighted by molar-refractivity contribution is -0.520. The number of nitrogens with zero attached hydrogens (tertiary/aromatic N) is 4. The van der Waals surface area contributed by atoms with E-state index >= 15 is 0 Å². The van der Waals surface area contributed by atoms with Crippen LogP contribution >= 0.6 is 0 Å². The van der Waals surface area contributed by atoms with E-state index in [2.05, 4.69) is 10.5 Å². The van der Waals surface area contributed by atoms with E-state index in [4.69, 9.17) is 34.6 Å². The Bertz CT molecular complexity index is 590. The minimum absolute atomic E-state index is 0.338. The molecule has 14 nitrogen and oxygen atoms in total. The first-order valence-corrected chi connectivity index (χ1v) is 8.49. The Morgan fingerprint density at radius 2 is 1.72 bits per heavy atom. The van der Waals surface area contributed by atoms with Gasteiger partial charge in [0, 0.05) is 14.2 Å². The van der Waals surface area contributed by atoms with E-state index in [1.165, 1.54) is 35.5 Å². The van der Waals surface area contributed by atoms with Crippen molar-refractivity contribution in [2.24, 2.45) is 10.7 Å². The molecule has 1 aliphatic rings. The molecule has 1 aliphatic heterocycles. The van der Waals surface area contributed by atoms with Crippen molar-refractivity contribution in [3.05, 3.63) is 0 Å². The minimum Gasteiger partial charge on any atom is -0.368 e. The van der Waals surface area contributed by atoms with Crippen molar-refractivity contribution in [2.75, 3.05) is 48.9 Å². The number of hydroxylamine groups is 6. The predicted molar refractivity (Wildman–Crippen MR) is 82.6 cm³/mol. The van der Waals surface area contributed by atoms with E-state index < -0.39 is 22.0 Å². The number of sulfonamides is 1. The van der Waals surface area contributed by atoms with Gasteiger partial charge in [-0.15, -0.1) is 5.48 Å². The molecule has 0 amide bonds. The maximum absolute atomic E-state index is 12.3. The molecule has 0 bridgehead atoms. The van der Waals surface area contributed by atoms with Gasteiger partial charge in [-0.1, -0.05) is 0 Å². The smallest absolute Gasteiger partial charge is 0.354 e. The first kappa shape index (κ1) is 21.9. The second-order valence-electron chi connectivity index (χ2n) is 4.49. The van der Waals surface area contributed by atoms with Crippen LogP contribution in [0.1, 0.15) is 0 Å². The number of aliphatic imine (C=N–C) groups is 1. The molecule has 25 heavy (non-hydrogen) atoms. The summed E-state index contributed by atoms with van der Waals surface area (Å²) in [6, 6.07) is 0. The molecule has 15 heteroatoms. The van der Waals surface area contributed by atoms with Crippen molar-refractivity contribution in [3.8, 4) is 0 Å². The Morgan fingerprint density at radius 1 is 1.12 bits per heavy atom. The Hall–Kier alpha value is -1.14. The number of rotatable bonds is 9. The molecule has 0 radical (unpaired) electrons. The molecule has 1 rings (SSSR count). The summed E-state index contributed by atoms with van der Waals surface area (Å²) in [4.78, 5) is 24.4. The number of nitrogens with two attached hydrogens (primary N) is 1. The van der Waals surface area contributed by atoms with Gasteiger partial charge in [0.15, 0.2) is 0 Å². The van der Waals surface area contributed by atoms with Crippen LogP contribution in [0.25, 0.3) is 0 Å². The summed E-state index contributed by atoms with van der Waals surface area (Å²) in [7, 11) is 3.15. The molecule has 0 aromatic rings. The summed E-state index contributed by atoms with van der Waals surface area (Å²) < 4.78 is 35.8. The van der Waals surface area contributed by atoms with Gasteiger partial charge < -0.3 is 15.2 Å². The number of hydrogen-bond donors (Lipinski definition) is 2. The van der Waals surface area contributed by atoms with Crippen LogP contribution in [0.2, 0.25) is 0 Å². The van der Waals surface area contributed by atoms with Crippen LogP contribution in [0.4, 0.5) is 0 Å². The van der Waals surface area contributed by atoms with Crippen LogP contribution in [-0.4, -0.2) is 89.8 Å². The molecule has 0 saturated heterocycles. The quantitative estimate of drug-likeness (QED) is 0.318. The van der Waals surface area contributed by atoms with Crippen molar-refractivity contribution in [3.63, 3.8) is 0 Å². The van der Waals surface area contributed by atoms with Gasteiger partial charge in [0.05, 0.1) is 34.7 Å². The van der Waals surface area contributed by atoms with Crippen molar-refractivity contribution >= 4 is 16.0 Å². The first-order valence-electron chi connectivity index (χ1n) is 6.64. The third-order valence-electron chi connectivity index (χ3n) is 3.14. The summed E-state index contributed by atoms with van der Waals surface area (Å²) in [5.41, 5.74) is 8.33. The fourth-order valence-electron chi connectivity index (χ4n) is 2.36. The van der Waals surface area contributed by atoms with Crippen LogP contribution in [0.5, 0.6) is 0 Å². The predicted octanol–water partition coefficient (Wildman–Crippen LogP) is -2.47. The molecule has 148 valence electrons. The van der Waals surface area contributed by atoms with Gasteiger partial charge >= 0.3 is 11.9 Å². The molecular formula is C10H24N6O8S. The topological polar surface area (TPSA) is 150 Å². The number of methoxy groups -OCH3 is 2. The molecule has 0 spiro atoms. The summed E-state index contributed by atoms with van der Waals surface area (Å²) >= 11 is 0. The highest BCUT2D eigenvalue weighted by atomic mass is 32.2. The van der Waals surface area contributed by atoms with Crippen molar-refractivity contribution in [1.82, 2.24) is 20.1 Å². The zero-order valence-electron chi connectivity index (χ0n) is 15.0. The third-order valence-corrected chi connectivity index (χ3v) is 4.13. The monoisotopic (exact) mass is 388 g/mol. The summed E-state index contributed by atoms with van der Waals surface area (Å²) in [5.74, 6) is -4.56. The fourth-order valence-corrected chi connectivity index (χ4v) is 3.28. The molecular weight excluding hydrogens is 364 g/mol. The van der Waals surface area contributed by atoms with E-state index in [0.717, 1.165) is 23.5 Å². The van der Waals surface area contributed by atoms with Gasteiger partial charge in [-0.2, -0.15) is 10.1 Å². The molecule has 0 aliphatic carbocycles. The minimum atomic E-state index is -4.06. The average molecular weight is 388 g/mol. The average Bonchev–Trinajstić information content (AvgIpc) is 2.54. The Balaban J connectivity index is 3.83. The highest BCUT2D eigenvalue weighted by Crippen LogP contribution is 2.38. The zero-order valence-corrected chi connectivity index (χ0v) is 15.9. The van der Waals surface area contributed by atoms with E-state index in [0.29, 0.717) is 4.47 Å². The largest absolute Gasteiger partial charge is 0.368 e. The van der Waals surface area contributed by atoms with E-state index in [1.807, 2.05) is 0 Å². The zero-order chi connectivity index (χ0) is 19.5. The molecule has 2 atom stereocenters. The van der Waals surface area contributed by atoms with Gasteiger partial charge in [-0.05, 0) is 9.53 Å². The molecule has 0 saturated carbocycles. The second-order valence-corrected chi connectivity index (χ2v) is 6.29. The van der Waals surface area contributed by atoms with Crippen molar-refractivity contribution < 1.29 is 37.2 Å². The highest BCUT2D eigenvalue weighted by molar-refractivity contribution is 7.88. The summed E-state index contributed by atoms with van der Waals surface area (Å²) in [5, 5.41) is 1.63. The van der Waals surface area contributed by atoms with E-state index in [9.17, 15) is 8.42 Å². The van der Waals surface area contributed by atoms with Crippen molar-refractivity contribution in [1.29, 1.82) is 0 Å². The van der Waals surface area contributed by atoms with Gasteiger partial charge in [0.25, 0.3) is 0 Å². The van der Waals surface area contributed by atoms with Gasteiger partial charge in [0.2, 0.25) is 16.0 Å². The summed E-state index contributed by atoms with van der Waals surface area (Å²) in [6.07, 6.45) is 0.874. The number of guanidine groups is 1. The number of hydrogen-bond acceptors (Lipinski definition) is 13. The van der Waals surface area contributed by atoms with E-state index in [-0.39, 0.29) is 5.96 Å². The Labute approximate surface area is 145 Å². The lowest BCUT2D eigenvalue weighted by atomic mass is 10.5. The van der Waals surface area contributed by atoms with Crippen molar-refractivity contribution in [2.45, 2.75) is 11.9 Å². The third kappa shape index (κ3) is 3.43. The van der Waals surface area contributed by atoms with Gasteiger partial charge in [0.1, 0.15) is 0 Å². The normalized spacial score (nSPS) is 28.5. The number of nitrogens with one attached hydrogen (secondary N) is 1. The summed E-state index contributed by atoms with van der Waals surface area (Å²) in [6.45, 7) is 0. The van der Waals surface area contributed by atoms with Crippen LogP contribution in [-0.2, 0) is 38.8 Å². The standard InChI is InChI=1S/C10H24N6O8S/c1-19-9(13-21-3)12-8(11)14(22-4)10(20-2,15(9)23-5)16(24-6)25(7,17)18/h13H,1-7H3,(H2,11,12). The van der Waals surface area contributed by atoms with Gasteiger partial charge in [-0.3, -0.25) is 19.4 Å². The highest BCUT2D eigenvalue weighted by Gasteiger charge is 2.67. The van der Waals surface area contributed by atoms with Crippen LogP contribution in [0, 0.1) is 0 Å². The SMILES string of the molecule is CONC1(OC)N=C(N)N(OC)C(OC)(N(OC)S(C)(=O)=O)N1OC. The van der Waals surface area contributed by atoms with Gasteiger partial charge in [-0.25, -0.2) is 8.42 Å². The fraction of sp³-hybridized carbons (Fsp3) is 0.900. The molecule has 3 N–H and O–H groups in total. The van der Waals surface area contributed by atoms with Crippen LogP contribution in [0.15, 0.2) is 4.99 Å². The van der Waals surface area contributed by atoms with E-state index in [1.54, 1.807) is 0 Å². The maximum atomic E-state index is 12.3. The Morgan fingerprint density at radius 3 is 2.04 bits per heavy atom. The first-order chi connectivity index (χ1) is 11.6. The molecule has 2 unspecified atom stereocenters. The lowest BCUT2D eigenvalue weighted by Crippen LogP contribution is -2.82.